The molecule has 16 heavy (non-hydrogen) atoms. The Kier molecular flexibility index (Phi) is 3.84. The molecule has 1 fully saturated rings. The molecule has 6 N–H and O–H groups in total. The number of hydrogen-bond donors (Lipinski definition) is 6. The number of rotatable bonds is 2. The molecule has 0 bridgehead atoms. The molecule has 0 aromatic rings. The summed E-state index contributed by atoms with van der Waals surface area (Å²) in [6, 6.07) is 0. The first-order valence-electron chi connectivity index (χ1n) is 4.66. The van der Waals surface area contributed by atoms with E-state index in [1.165, 1.54) is 0 Å². The number of carbonyl (C=O) groups is 1. The van der Waals surface area contributed by atoms with Crippen molar-refractivity contribution in [1.29, 1.82) is 0 Å². The first-order valence-corrected chi connectivity index (χ1v) is 4.66. The van der Waals surface area contributed by atoms with E-state index in [2.05, 4.69) is 0 Å². The lowest BCUT2D eigenvalue weighted by molar-refractivity contribution is -0.358. The summed E-state index contributed by atoms with van der Waals surface area (Å²) >= 11 is 0. The van der Waals surface area contributed by atoms with Crippen molar-refractivity contribution in [3.8, 4) is 0 Å². The summed E-state index contributed by atoms with van der Waals surface area (Å²) in [6.45, 7) is 0.381. The molecule has 1 saturated heterocycles. The minimum Gasteiger partial charge on any atom is -0.394 e. The number of amides is 1. The molecule has 1 aliphatic rings. The number of hydrogen-bond acceptors (Lipinski definition) is 7. The fourth-order valence-corrected chi connectivity index (χ4v) is 1.51. The van der Waals surface area contributed by atoms with Crippen molar-refractivity contribution in [3.05, 3.63) is 0 Å². The molecule has 5 unspecified atom stereocenters. The van der Waals surface area contributed by atoms with Crippen molar-refractivity contribution < 1.29 is 35.1 Å². The molecule has 1 aliphatic heterocycles. The predicted molar refractivity (Wildman–Crippen MR) is 48.7 cm³/mol. The van der Waals surface area contributed by atoms with E-state index in [1.54, 1.807) is 0 Å². The highest BCUT2D eigenvalue weighted by Gasteiger charge is 2.53. The standard InChI is InChI=1S/C8H15NO7/c1-3(11)9-8(15)7(14)6(13)5(12)4(2-10)16-8/h4-7,10,12-15H,2H2,1H3,(H,9,11). The summed E-state index contributed by atoms with van der Waals surface area (Å²) < 4.78 is 4.74. The molecule has 0 aromatic heterocycles. The number of ether oxygens (including phenoxy) is 1. The van der Waals surface area contributed by atoms with Gasteiger partial charge < -0.3 is 35.6 Å². The molecule has 1 amide bonds. The van der Waals surface area contributed by atoms with Gasteiger partial charge in [-0.15, -0.1) is 0 Å². The van der Waals surface area contributed by atoms with Crippen molar-refractivity contribution in [2.45, 2.75) is 37.3 Å². The van der Waals surface area contributed by atoms with Gasteiger partial charge in [-0.2, -0.15) is 0 Å². The van der Waals surface area contributed by atoms with Gasteiger partial charge in [0, 0.05) is 6.92 Å². The molecule has 0 aromatic carbocycles. The van der Waals surface area contributed by atoms with E-state index in [1.807, 2.05) is 5.32 Å². The number of aliphatic hydroxyl groups is 5. The normalized spacial score (nSPS) is 44.1. The van der Waals surface area contributed by atoms with E-state index in [9.17, 15) is 25.2 Å². The lowest BCUT2D eigenvalue weighted by Crippen LogP contribution is -2.71. The van der Waals surface area contributed by atoms with Crippen LogP contribution in [0.3, 0.4) is 0 Å². The summed E-state index contributed by atoms with van der Waals surface area (Å²) in [4.78, 5) is 10.8. The van der Waals surface area contributed by atoms with Gasteiger partial charge in [-0.1, -0.05) is 0 Å². The summed E-state index contributed by atoms with van der Waals surface area (Å²) in [5, 5.41) is 48.6. The van der Waals surface area contributed by atoms with Crippen molar-refractivity contribution >= 4 is 5.91 Å². The van der Waals surface area contributed by atoms with Crippen LogP contribution in [-0.4, -0.2) is 68.4 Å². The second-order valence-electron chi connectivity index (χ2n) is 3.64. The Morgan fingerprint density at radius 1 is 1.38 bits per heavy atom. The Balaban J connectivity index is 2.89. The minimum absolute atomic E-state index is 0.688. The molecule has 8 nitrogen and oxygen atoms in total. The smallest absolute Gasteiger partial charge is 0.279 e. The topological polar surface area (TPSA) is 139 Å². The summed E-state index contributed by atoms with van der Waals surface area (Å²) in [5.41, 5.74) is 0. The molecular weight excluding hydrogens is 222 g/mol. The van der Waals surface area contributed by atoms with E-state index in [-0.39, 0.29) is 0 Å². The second kappa shape index (κ2) is 4.62. The fourth-order valence-electron chi connectivity index (χ4n) is 1.51. The van der Waals surface area contributed by atoms with E-state index in [0.717, 1.165) is 6.92 Å². The maximum Gasteiger partial charge on any atom is 0.279 e. The minimum atomic E-state index is -2.53. The zero-order valence-electron chi connectivity index (χ0n) is 8.57. The largest absolute Gasteiger partial charge is 0.394 e. The average Bonchev–Trinajstić information content (AvgIpc) is 2.20. The van der Waals surface area contributed by atoms with Gasteiger partial charge in [-0.25, -0.2) is 0 Å². The van der Waals surface area contributed by atoms with Gasteiger partial charge >= 0.3 is 0 Å². The van der Waals surface area contributed by atoms with Gasteiger partial charge in [-0.3, -0.25) is 4.79 Å². The van der Waals surface area contributed by atoms with Crippen LogP contribution in [0.2, 0.25) is 0 Å². The van der Waals surface area contributed by atoms with Crippen LogP contribution in [0.25, 0.3) is 0 Å². The quantitative estimate of drug-likeness (QED) is 0.271. The van der Waals surface area contributed by atoms with E-state index in [0.29, 0.717) is 0 Å². The maximum atomic E-state index is 10.8. The fraction of sp³-hybridized carbons (Fsp3) is 0.875. The number of aliphatic hydroxyl groups excluding tert-OH is 4. The molecule has 1 rings (SSSR count). The zero-order valence-corrected chi connectivity index (χ0v) is 8.57. The first-order chi connectivity index (χ1) is 7.31. The molecule has 94 valence electrons. The molecule has 1 heterocycles. The average molecular weight is 237 g/mol. The Bertz CT molecular complexity index is 271. The molecule has 0 spiro atoms. The maximum absolute atomic E-state index is 10.8. The van der Waals surface area contributed by atoms with Gasteiger partial charge in [0.2, 0.25) is 5.91 Å². The highest BCUT2D eigenvalue weighted by Crippen LogP contribution is 2.26. The van der Waals surface area contributed by atoms with Crippen molar-refractivity contribution in [2.24, 2.45) is 0 Å². The summed E-state index contributed by atoms with van der Waals surface area (Å²) in [7, 11) is 0. The van der Waals surface area contributed by atoms with Crippen LogP contribution in [0.5, 0.6) is 0 Å². The van der Waals surface area contributed by atoms with Crippen LogP contribution in [0.1, 0.15) is 6.92 Å². The lowest BCUT2D eigenvalue weighted by atomic mass is 9.96. The number of nitrogens with one attached hydrogen (secondary N) is 1. The van der Waals surface area contributed by atoms with E-state index < -0.39 is 42.8 Å². The van der Waals surface area contributed by atoms with Crippen LogP contribution in [0.4, 0.5) is 0 Å². The highest BCUT2D eigenvalue weighted by molar-refractivity contribution is 5.73. The monoisotopic (exact) mass is 237 g/mol. The molecule has 0 saturated carbocycles. The molecule has 8 heteroatoms. The predicted octanol–water partition coefficient (Wildman–Crippen LogP) is -3.76. The SMILES string of the molecule is CC(=O)NC1(O)OC(CO)C(O)C(O)C1O. The number of carbonyl (C=O) groups excluding carboxylic acids is 1. The van der Waals surface area contributed by atoms with Crippen LogP contribution >= 0.6 is 0 Å². The highest BCUT2D eigenvalue weighted by atomic mass is 16.7. The van der Waals surface area contributed by atoms with Crippen molar-refractivity contribution in [2.75, 3.05) is 6.61 Å². The van der Waals surface area contributed by atoms with Crippen LogP contribution in [-0.2, 0) is 9.53 Å². The van der Waals surface area contributed by atoms with Gasteiger partial charge in [0.1, 0.15) is 18.3 Å². The van der Waals surface area contributed by atoms with E-state index >= 15 is 0 Å². The Morgan fingerprint density at radius 2 is 1.94 bits per heavy atom. The second-order valence-corrected chi connectivity index (χ2v) is 3.64. The zero-order chi connectivity index (χ0) is 12.5. The van der Waals surface area contributed by atoms with E-state index in [4.69, 9.17) is 9.84 Å². The molecule has 0 radical (unpaired) electrons. The van der Waals surface area contributed by atoms with Crippen LogP contribution in [0.15, 0.2) is 0 Å². The Hall–Kier alpha value is -0.770. The van der Waals surface area contributed by atoms with Gasteiger partial charge in [0.05, 0.1) is 6.61 Å². The lowest BCUT2D eigenvalue weighted by Gasteiger charge is -2.44. The van der Waals surface area contributed by atoms with Crippen molar-refractivity contribution in [1.82, 2.24) is 5.32 Å². The third-order valence-electron chi connectivity index (χ3n) is 2.32. The third kappa shape index (κ3) is 2.32. The van der Waals surface area contributed by atoms with Crippen molar-refractivity contribution in [3.63, 3.8) is 0 Å². The van der Waals surface area contributed by atoms with Gasteiger partial charge in [0.25, 0.3) is 5.91 Å². The molecular formula is C8H15NO7. The van der Waals surface area contributed by atoms with Gasteiger partial charge in [0.15, 0.2) is 6.10 Å². The Labute approximate surface area is 91.1 Å². The summed E-state index contributed by atoms with van der Waals surface area (Å²) in [5.74, 6) is -3.24. The first kappa shape index (κ1) is 13.3. The van der Waals surface area contributed by atoms with Crippen LogP contribution in [0, 0.1) is 0 Å². The Morgan fingerprint density at radius 3 is 2.38 bits per heavy atom. The summed E-state index contributed by atoms with van der Waals surface area (Å²) in [6.07, 6.45) is -6.54. The van der Waals surface area contributed by atoms with Gasteiger partial charge in [-0.05, 0) is 0 Å². The third-order valence-corrected chi connectivity index (χ3v) is 2.32. The van der Waals surface area contributed by atoms with Crippen LogP contribution < -0.4 is 5.32 Å². The molecule has 0 aliphatic carbocycles. The molecule has 5 atom stereocenters.